The maximum atomic E-state index is 8.19. The van der Waals surface area contributed by atoms with E-state index in [4.69, 9.17) is 12.2 Å². The molecule has 0 unspecified atom stereocenters. The van der Waals surface area contributed by atoms with Crippen molar-refractivity contribution in [2.45, 2.75) is 0 Å². The van der Waals surface area contributed by atoms with E-state index in [9.17, 15) is 0 Å². The monoisotopic (exact) mass is 882 g/mol. The second kappa shape index (κ2) is 14.2. The fraction of sp³-hybridized carbons (Fsp3) is 0. The second-order valence-corrected chi connectivity index (χ2v) is 9.92. The van der Waals surface area contributed by atoms with Crippen molar-refractivity contribution in [3.05, 3.63) is 152 Å². The molecule has 4 aromatic heterocycles. The van der Waals surface area contributed by atoms with E-state index in [1.807, 2.05) is 97.1 Å². The third-order valence-corrected chi connectivity index (χ3v) is 7.05. The summed E-state index contributed by atoms with van der Waals surface area (Å²) in [5.41, 5.74) is 4.33. The minimum Gasteiger partial charge on any atom is -0.503 e. The topological polar surface area (TPSA) is 75.0 Å². The van der Waals surface area contributed by atoms with Gasteiger partial charge in [-0.2, -0.15) is 22.9 Å². The average Bonchev–Trinajstić information content (AvgIpc) is 3.41. The number of hydrogen-bond acceptors (Lipinski definition) is 6. The quantitative estimate of drug-likeness (QED) is 0.118. The third kappa shape index (κ3) is 6.63. The van der Waals surface area contributed by atoms with Crippen LogP contribution in [0.2, 0.25) is 0 Å². The van der Waals surface area contributed by atoms with Gasteiger partial charge in [-0.25, -0.2) is 9.97 Å². The van der Waals surface area contributed by atoms with Crippen molar-refractivity contribution in [2.75, 3.05) is 0 Å². The third-order valence-electron chi connectivity index (χ3n) is 7.05. The van der Waals surface area contributed by atoms with Crippen LogP contribution in [0, 0.1) is 24.3 Å². The minimum absolute atomic E-state index is 0. The molecule has 47 heavy (non-hydrogen) atoms. The molecule has 0 aliphatic heterocycles. The molecule has 0 saturated heterocycles. The van der Waals surface area contributed by atoms with Gasteiger partial charge in [0.05, 0.1) is 2.74 Å². The molecule has 0 saturated carbocycles. The van der Waals surface area contributed by atoms with Gasteiger partial charge in [-0.3, -0.25) is 0 Å². The molecule has 0 radical (unpaired) electrons. The van der Waals surface area contributed by atoms with Gasteiger partial charge < -0.3 is 24.0 Å². The first-order valence-corrected chi connectivity index (χ1v) is 14.1. The second-order valence-electron chi connectivity index (χ2n) is 9.92. The van der Waals surface area contributed by atoms with Gasteiger partial charge in [0.1, 0.15) is 0 Å². The SMILES string of the molecule is [2H]c1cc([2H])nc(-n2c3[c-]c(Oc4[c-]c(-c5ccccn5)ccc4)ccc3c3ccc(Oc4[c-]c(-c5ccccn5)ccc4)[c-]c32)n1.[Pd+2].[Pt+2]. The molecule has 8 rings (SSSR count). The molecule has 9 heteroatoms. The first-order chi connectivity index (χ1) is 23.1. The molecule has 8 aromatic rings. The Kier molecular flexibility index (Phi) is 8.88. The molecule has 0 aliphatic carbocycles. The summed E-state index contributed by atoms with van der Waals surface area (Å²) in [7, 11) is 0. The average molecular weight is 883 g/mol. The van der Waals surface area contributed by atoms with Crippen molar-refractivity contribution in [3.8, 4) is 51.5 Å². The molecule has 4 aromatic carbocycles. The van der Waals surface area contributed by atoms with Crippen molar-refractivity contribution in [1.82, 2.24) is 24.5 Å². The van der Waals surface area contributed by atoms with Crippen LogP contribution >= 0.6 is 0 Å². The van der Waals surface area contributed by atoms with Gasteiger partial charge in [0.2, 0.25) is 5.95 Å². The zero-order valence-corrected chi connectivity index (χ0v) is 28.0. The van der Waals surface area contributed by atoms with Crippen LogP contribution < -0.4 is 9.47 Å². The van der Waals surface area contributed by atoms with Crippen LogP contribution in [0.15, 0.2) is 128 Å². The van der Waals surface area contributed by atoms with E-state index >= 15 is 0 Å². The molecule has 0 amide bonds. The van der Waals surface area contributed by atoms with Crippen molar-refractivity contribution >= 4 is 21.8 Å². The smallest absolute Gasteiger partial charge is 0.503 e. The van der Waals surface area contributed by atoms with Gasteiger partial charge in [-0.05, 0) is 29.6 Å². The molecule has 0 aliphatic rings. The Morgan fingerprint density at radius 1 is 0.511 bits per heavy atom. The Bertz CT molecular complexity index is 2250. The summed E-state index contributed by atoms with van der Waals surface area (Å²) in [5.74, 6) is 1.99. The summed E-state index contributed by atoms with van der Waals surface area (Å²) in [6.45, 7) is 0. The van der Waals surface area contributed by atoms with E-state index < -0.39 is 0 Å². The molecule has 0 fully saturated rings. The summed E-state index contributed by atoms with van der Waals surface area (Å²) in [5, 5.41) is 1.66. The summed E-state index contributed by atoms with van der Waals surface area (Å²) < 4.78 is 30.5. The predicted octanol–water partition coefficient (Wildman–Crippen LogP) is 8.48. The van der Waals surface area contributed by atoms with Gasteiger partial charge in [-0.1, -0.05) is 47.4 Å². The summed E-state index contributed by atoms with van der Waals surface area (Å²) >= 11 is 0. The number of hydrogen-bond donors (Lipinski definition) is 0. The number of nitrogens with zero attached hydrogens (tertiary/aromatic N) is 5. The van der Waals surface area contributed by atoms with Crippen LogP contribution in [-0.4, -0.2) is 24.5 Å². The Morgan fingerprint density at radius 3 is 1.47 bits per heavy atom. The largest absolute Gasteiger partial charge is 2.00 e. The zero-order valence-electron chi connectivity index (χ0n) is 26.2. The molecular formula is C38H21N5O2PdPt. The van der Waals surface area contributed by atoms with Gasteiger partial charge in [0.25, 0.3) is 0 Å². The molecule has 0 bridgehead atoms. The Morgan fingerprint density at radius 2 is 1.00 bits per heavy atom. The number of fused-ring (bicyclic) bond motifs is 3. The number of pyridine rings is 2. The van der Waals surface area contributed by atoms with E-state index in [0.717, 1.165) is 33.3 Å². The maximum absolute atomic E-state index is 8.19. The number of benzene rings is 4. The van der Waals surface area contributed by atoms with Crippen LogP contribution in [0.5, 0.6) is 23.0 Å². The van der Waals surface area contributed by atoms with Crippen molar-refractivity contribution in [2.24, 2.45) is 0 Å². The Labute approximate surface area is 302 Å². The molecule has 0 N–H and O–H groups in total. The van der Waals surface area contributed by atoms with Crippen LogP contribution in [0.1, 0.15) is 2.74 Å². The van der Waals surface area contributed by atoms with Gasteiger partial charge in [-0.15, -0.1) is 71.8 Å². The first kappa shape index (κ1) is 29.4. The molecule has 0 atom stereocenters. The van der Waals surface area contributed by atoms with Gasteiger partial charge >= 0.3 is 41.5 Å². The summed E-state index contributed by atoms with van der Waals surface area (Å²) in [4.78, 5) is 17.5. The van der Waals surface area contributed by atoms with E-state index in [0.29, 0.717) is 34.0 Å². The van der Waals surface area contributed by atoms with Crippen molar-refractivity contribution < 1.29 is 53.7 Å². The fourth-order valence-corrected chi connectivity index (χ4v) is 5.07. The van der Waals surface area contributed by atoms with Crippen LogP contribution in [0.3, 0.4) is 0 Å². The molecule has 230 valence electrons. The summed E-state index contributed by atoms with van der Waals surface area (Å²) in [6.07, 6.45) is 3.30. The standard InChI is InChI=1S/C38H21N5O2.Pd.Pt/c1-3-18-39-34(12-1)26-8-5-10-28(22-26)44-30-14-16-32-33-17-15-31(25-37(33)43(36(32)24-30)38-41-20-7-21-42-38)45-29-11-6-9-27(23-29)35-13-2-4-19-40-35;;/h1-21H;;/q-4;2*+2/i20D,21D;;. The van der Waals surface area contributed by atoms with Gasteiger partial charge in [0.15, 0.2) is 0 Å². The fourth-order valence-electron chi connectivity index (χ4n) is 5.07. The molecule has 0 spiro atoms. The predicted molar refractivity (Wildman–Crippen MR) is 171 cm³/mol. The molecule has 7 nitrogen and oxygen atoms in total. The minimum atomic E-state index is -0.0864. The van der Waals surface area contributed by atoms with E-state index in [-0.39, 0.29) is 59.8 Å². The van der Waals surface area contributed by atoms with E-state index in [1.54, 1.807) is 17.0 Å². The number of ether oxygens (including phenoxy) is 2. The van der Waals surface area contributed by atoms with Gasteiger partial charge in [0, 0.05) is 47.7 Å². The van der Waals surface area contributed by atoms with Crippen molar-refractivity contribution in [3.63, 3.8) is 0 Å². The maximum Gasteiger partial charge on any atom is 2.00 e. The van der Waals surface area contributed by atoms with Crippen LogP contribution in [-0.2, 0) is 41.5 Å². The number of rotatable bonds is 7. The van der Waals surface area contributed by atoms with Crippen LogP contribution in [0.4, 0.5) is 0 Å². The van der Waals surface area contributed by atoms with Crippen LogP contribution in [0.25, 0.3) is 50.3 Å². The normalized spacial score (nSPS) is 11.2. The zero-order chi connectivity index (χ0) is 31.7. The Hall–Kier alpha value is -4.99. The summed E-state index contributed by atoms with van der Waals surface area (Å²) in [6, 6.07) is 44.7. The van der Waals surface area contributed by atoms with Crippen molar-refractivity contribution in [1.29, 1.82) is 0 Å². The Balaban J connectivity index is 0.00000208. The van der Waals surface area contributed by atoms with E-state index in [2.05, 4.69) is 44.2 Å². The van der Waals surface area contributed by atoms with E-state index in [1.165, 1.54) is 6.07 Å². The molecule has 4 heterocycles. The number of aromatic nitrogens is 5. The first-order valence-electron chi connectivity index (χ1n) is 15.1. The molecular weight excluding hydrogens is 860 g/mol.